The molecule has 1 atom stereocenters. The van der Waals surface area contributed by atoms with Crippen molar-refractivity contribution in [1.82, 2.24) is 10.2 Å². The maximum Gasteiger partial charge on any atom is 0.244 e. The zero-order chi connectivity index (χ0) is 27.0. The minimum Gasteiger partial charge on any atom is -0.355 e. The topological polar surface area (TPSA) is 86.8 Å². The van der Waals surface area contributed by atoms with Gasteiger partial charge in [0.05, 0.1) is 11.9 Å². The van der Waals surface area contributed by atoms with E-state index in [1.807, 2.05) is 30.3 Å². The first-order chi connectivity index (χ1) is 17.6. The van der Waals surface area contributed by atoms with Gasteiger partial charge in [0.15, 0.2) is 0 Å². The normalized spacial score (nSPS) is 12.0. The number of hydrogen-bond acceptors (Lipinski definition) is 4. The second-order valence-electron chi connectivity index (χ2n) is 8.46. The highest BCUT2D eigenvalue weighted by Crippen LogP contribution is 2.25. The molecule has 0 spiro atoms. The molecule has 7 nitrogen and oxygen atoms in total. The molecular formula is C27H29Cl2N3O4S. The lowest BCUT2D eigenvalue weighted by atomic mass is 10.0. The van der Waals surface area contributed by atoms with Gasteiger partial charge in [-0.25, -0.2) is 8.42 Å². The molecule has 37 heavy (non-hydrogen) atoms. The fourth-order valence-electron chi connectivity index (χ4n) is 3.89. The first-order valence-corrected chi connectivity index (χ1v) is 14.3. The predicted octanol–water partition coefficient (Wildman–Crippen LogP) is 4.54. The predicted molar refractivity (Wildman–Crippen MR) is 148 cm³/mol. The van der Waals surface area contributed by atoms with Crippen LogP contribution in [0.5, 0.6) is 0 Å². The number of likely N-dealkylation sites (N-methyl/N-ethyl adjacent to an activating group) is 1. The molecule has 0 saturated carbocycles. The van der Waals surface area contributed by atoms with E-state index in [0.717, 1.165) is 16.1 Å². The number of sulfonamides is 1. The maximum absolute atomic E-state index is 13.9. The van der Waals surface area contributed by atoms with Gasteiger partial charge in [0.1, 0.15) is 12.6 Å². The molecule has 10 heteroatoms. The largest absolute Gasteiger partial charge is 0.355 e. The van der Waals surface area contributed by atoms with Crippen LogP contribution in [0.4, 0.5) is 5.69 Å². The quantitative estimate of drug-likeness (QED) is 0.372. The lowest BCUT2D eigenvalue weighted by molar-refractivity contribution is -0.140. The average molecular weight is 563 g/mol. The summed E-state index contributed by atoms with van der Waals surface area (Å²) in [6, 6.07) is 21.7. The van der Waals surface area contributed by atoms with E-state index in [9.17, 15) is 18.0 Å². The summed E-state index contributed by atoms with van der Waals surface area (Å²) < 4.78 is 26.4. The second kappa shape index (κ2) is 12.9. The molecule has 0 aliphatic heterocycles. The lowest BCUT2D eigenvalue weighted by Gasteiger charge is -2.33. The number of hydrogen-bond donors (Lipinski definition) is 1. The third-order valence-electron chi connectivity index (χ3n) is 5.70. The fraction of sp³-hybridized carbons (Fsp3) is 0.259. The first kappa shape index (κ1) is 28.5. The second-order valence-corrected chi connectivity index (χ2v) is 11.2. The molecule has 0 unspecified atom stereocenters. The molecule has 0 saturated heterocycles. The van der Waals surface area contributed by atoms with Gasteiger partial charge >= 0.3 is 0 Å². The van der Waals surface area contributed by atoms with Crippen molar-refractivity contribution in [3.05, 3.63) is 100 Å². The SMILES string of the molecule is CCNC(=O)[C@@H](Cc1ccccc1)N(Cc1ccc(Cl)cc1Cl)C(=O)CN(c1ccccc1)S(C)(=O)=O. The Morgan fingerprint density at radius 1 is 0.946 bits per heavy atom. The molecule has 1 N–H and O–H groups in total. The Balaban J connectivity index is 2.05. The van der Waals surface area contributed by atoms with Gasteiger partial charge in [-0.05, 0) is 42.3 Å². The van der Waals surface area contributed by atoms with Crippen LogP contribution in [0.15, 0.2) is 78.9 Å². The van der Waals surface area contributed by atoms with Crippen LogP contribution >= 0.6 is 23.2 Å². The van der Waals surface area contributed by atoms with Crippen molar-refractivity contribution in [1.29, 1.82) is 0 Å². The number of carbonyl (C=O) groups excluding carboxylic acids is 2. The number of benzene rings is 3. The average Bonchev–Trinajstić information content (AvgIpc) is 2.86. The van der Waals surface area contributed by atoms with Gasteiger partial charge in [0, 0.05) is 29.6 Å². The zero-order valence-corrected chi connectivity index (χ0v) is 22.9. The number of nitrogens with zero attached hydrogens (tertiary/aromatic N) is 2. The molecule has 0 bridgehead atoms. The van der Waals surface area contributed by atoms with E-state index in [4.69, 9.17) is 23.2 Å². The van der Waals surface area contributed by atoms with E-state index in [0.29, 0.717) is 27.8 Å². The van der Waals surface area contributed by atoms with Crippen LogP contribution in [-0.2, 0) is 32.6 Å². The van der Waals surface area contributed by atoms with Crippen LogP contribution in [0.3, 0.4) is 0 Å². The summed E-state index contributed by atoms with van der Waals surface area (Å²) in [5.74, 6) is -0.900. The summed E-state index contributed by atoms with van der Waals surface area (Å²) in [7, 11) is -3.81. The van der Waals surface area contributed by atoms with Crippen molar-refractivity contribution < 1.29 is 18.0 Å². The molecule has 2 amide bonds. The van der Waals surface area contributed by atoms with Crippen molar-refractivity contribution in [3.8, 4) is 0 Å². The Bertz CT molecular complexity index is 1320. The van der Waals surface area contributed by atoms with Crippen molar-refractivity contribution in [3.63, 3.8) is 0 Å². The molecule has 196 valence electrons. The van der Waals surface area contributed by atoms with Crippen molar-refractivity contribution in [2.75, 3.05) is 23.7 Å². The van der Waals surface area contributed by atoms with Crippen LogP contribution in [-0.4, -0.2) is 50.5 Å². The molecule has 0 heterocycles. The fourth-order valence-corrected chi connectivity index (χ4v) is 5.21. The molecule has 0 aliphatic carbocycles. The van der Waals surface area contributed by atoms with Crippen LogP contribution < -0.4 is 9.62 Å². The van der Waals surface area contributed by atoms with E-state index in [-0.39, 0.29) is 18.9 Å². The molecule has 3 rings (SSSR count). The van der Waals surface area contributed by atoms with Crippen molar-refractivity contribution in [2.45, 2.75) is 25.9 Å². The molecule has 3 aromatic carbocycles. The van der Waals surface area contributed by atoms with Gasteiger partial charge in [-0.2, -0.15) is 0 Å². The van der Waals surface area contributed by atoms with E-state index in [1.54, 1.807) is 55.5 Å². The first-order valence-electron chi connectivity index (χ1n) is 11.7. The van der Waals surface area contributed by atoms with Crippen LogP contribution in [0.2, 0.25) is 10.0 Å². The number of anilines is 1. The summed E-state index contributed by atoms with van der Waals surface area (Å²) in [5.41, 5.74) is 1.77. The van der Waals surface area contributed by atoms with Crippen molar-refractivity contribution >= 4 is 50.7 Å². The zero-order valence-electron chi connectivity index (χ0n) is 20.6. The highest BCUT2D eigenvalue weighted by Gasteiger charge is 2.33. The molecule has 0 radical (unpaired) electrons. The van der Waals surface area contributed by atoms with E-state index >= 15 is 0 Å². The number of carbonyl (C=O) groups is 2. The molecule has 0 fully saturated rings. The number of halogens is 2. The van der Waals surface area contributed by atoms with Crippen LogP contribution in [0.25, 0.3) is 0 Å². The Morgan fingerprint density at radius 2 is 1.57 bits per heavy atom. The number of rotatable bonds is 11. The number of amides is 2. The Hall–Kier alpha value is -3.07. The van der Waals surface area contributed by atoms with Gasteiger partial charge in [0.2, 0.25) is 21.8 Å². The van der Waals surface area contributed by atoms with E-state index in [2.05, 4.69) is 5.32 Å². The highest BCUT2D eigenvalue weighted by molar-refractivity contribution is 7.92. The standard InChI is InChI=1S/C27H29Cl2N3O4S/c1-3-30-27(34)25(16-20-10-6-4-7-11-20)31(18-21-14-15-22(28)17-24(21)29)26(33)19-32(37(2,35)36)23-12-8-5-9-13-23/h4-15,17,25H,3,16,18-19H2,1-2H3,(H,30,34)/t25-/m1/s1. The summed E-state index contributed by atoms with van der Waals surface area (Å²) >= 11 is 12.5. The van der Waals surface area contributed by atoms with Crippen LogP contribution in [0.1, 0.15) is 18.1 Å². The minimum absolute atomic E-state index is 0.0180. The summed E-state index contributed by atoms with van der Waals surface area (Å²) in [5, 5.41) is 3.58. The summed E-state index contributed by atoms with van der Waals surface area (Å²) in [4.78, 5) is 28.5. The third kappa shape index (κ3) is 7.95. The van der Waals surface area contributed by atoms with Crippen LogP contribution in [0, 0.1) is 0 Å². The number of nitrogens with one attached hydrogen (secondary N) is 1. The van der Waals surface area contributed by atoms with E-state index < -0.39 is 28.5 Å². The smallest absolute Gasteiger partial charge is 0.244 e. The van der Waals surface area contributed by atoms with Gasteiger partial charge in [-0.3, -0.25) is 13.9 Å². The summed E-state index contributed by atoms with van der Waals surface area (Å²) in [6.07, 6.45) is 1.27. The molecule has 0 aliphatic rings. The van der Waals surface area contributed by atoms with Gasteiger partial charge in [0.25, 0.3) is 0 Å². The highest BCUT2D eigenvalue weighted by atomic mass is 35.5. The molecule has 3 aromatic rings. The summed E-state index contributed by atoms with van der Waals surface area (Å²) in [6.45, 7) is 1.66. The van der Waals surface area contributed by atoms with Crippen molar-refractivity contribution in [2.24, 2.45) is 0 Å². The van der Waals surface area contributed by atoms with Gasteiger partial charge < -0.3 is 10.2 Å². The van der Waals surface area contributed by atoms with E-state index in [1.165, 1.54) is 4.90 Å². The number of para-hydroxylation sites is 1. The van der Waals surface area contributed by atoms with Gasteiger partial charge in [-0.1, -0.05) is 77.8 Å². The Morgan fingerprint density at radius 3 is 2.14 bits per heavy atom. The van der Waals surface area contributed by atoms with Gasteiger partial charge in [-0.15, -0.1) is 0 Å². The Labute approximate surface area is 228 Å². The maximum atomic E-state index is 13.9. The minimum atomic E-state index is -3.81. The third-order valence-corrected chi connectivity index (χ3v) is 7.43. The lowest BCUT2D eigenvalue weighted by Crippen LogP contribution is -2.53. The molecular weight excluding hydrogens is 533 g/mol. The monoisotopic (exact) mass is 561 g/mol. The Kier molecular flexibility index (Phi) is 9.97. The molecule has 0 aromatic heterocycles.